The van der Waals surface area contributed by atoms with Crippen molar-refractivity contribution in [2.45, 2.75) is 0 Å². The minimum Gasteiger partial charge on any atom is -0.508 e. The van der Waals surface area contributed by atoms with Crippen LogP contribution in [0.2, 0.25) is 0 Å². The molecule has 0 spiro atoms. The lowest BCUT2D eigenvalue weighted by Crippen LogP contribution is -1.71. The monoisotopic (exact) mass is 137 g/mol. The van der Waals surface area contributed by atoms with Crippen LogP contribution in [0.15, 0.2) is 18.2 Å². The number of phenolic OH excluding ortho intramolecular Hbond substituents is 1. The first kappa shape index (κ1) is 6.56. The number of aromatic hydroxyl groups is 1. The summed E-state index contributed by atoms with van der Waals surface area (Å²) in [6, 6.07) is 3.42. The van der Waals surface area contributed by atoms with E-state index in [4.69, 9.17) is 11.7 Å². The zero-order valence-corrected chi connectivity index (χ0v) is 5.00. The zero-order valence-electron chi connectivity index (χ0n) is 5.00. The van der Waals surface area contributed by atoms with E-state index in [2.05, 4.69) is 4.85 Å². The Balaban J connectivity index is 3.23. The molecular weight excluding hydrogens is 133 g/mol. The number of benzene rings is 1. The van der Waals surface area contributed by atoms with Gasteiger partial charge in [-0.1, -0.05) is 0 Å². The Labute approximate surface area is 57.4 Å². The van der Waals surface area contributed by atoms with Crippen molar-refractivity contribution in [2.75, 3.05) is 0 Å². The van der Waals surface area contributed by atoms with E-state index in [-0.39, 0.29) is 11.4 Å². The Morgan fingerprint density at radius 3 is 2.70 bits per heavy atom. The number of hydrogen-bond acceptors (Lipinski definition) is 1. The third-order valence-electron chi connectivity index (χ3n) is 1.05. The Kier molecular flexibility index (Phi) is 1.55. The minimum absolute atomic E-state index is 0.0715. The van der Waals surface area contributed by atoms with Crippen molar-refractivity contribution in [3.8, 4) is 5.75 Å². The van der Waals surface area contributed by atoms with E-state index in [0.717, 1.165) is 6.07 Å². The Hall–Kier alpha value is -1.56. The standard InChI is InChI=1S/C7H4FNO/c1-9-7-3-2-5(10)4-6(7)8/h2-4,10H. The van der Waals surface area contributed by atoms with Crippen molar-refractivity contribution in [3.05, 3.63) is 35.4 Å². The largest absolute Gasteiger partial charge is 0.508 e. The fourth-order valence-corrected chi connectivity index (χ4v) is 0.586. The van der Waals surface area contributed by atoms with E-state index in [0.29, 0.717) is 0 Å². The molecule has 50 valence electrons. The lowest BCUT2D eigenvalue weighted by Gasteiger charge is -1.92. The molecule has 1 rings (SSSR count). The first-order valence-corrected chi connectivity index (χ1v) is 2.60. The normalized spacial score (nSPS) is 8.80. The molecule has 0 aromatic heterocycles. The Bertz CT molecular complexity index is 290. The van der Waals surface area contributed by atoms with Crippen molar-refractivity contribution in [2.24, 2.45) is 0 Å². The van der Waals surface area contributed by atoms with E-state index in [1.54, 1.807) is 0 Å². The lowest BCUT2D eigenvalue weighted by atomic mass is 10.3. The molecule has 0 aliphatic rings. The third kappa shape index (κ3) is 1.06. The van der Waals surface area contributed by atoms with Gasteiger partial charge in [0.05, 0.1) is 6.57 Å². The van der Waals surface area contributed by atoms with Gasteiger partial charge in [-0.05, 0) is 12.1 Å². The molecule has 0 saturated heterocycles. The van der Waals surface area contributed by atoms with Crippen LogP contribution in [-0.2, 0) is 0 Å². The Morgan fingerprint density at radius 1 is 1.50 bits per heavy atom. The summed E-state index contributed by atoms with van der Waals surface area (Å²) in [6.07, 6.45) is 0. The van der Waals surface area contributed by atoms with Gasteiger partial charge in [0.15, 0.2) is 0 Å². The van der Waals surface area contributed by atoms with E-state index < -0.39 is 5.82 Å². The minimum atomic E-state index is -0.685. The number of rotatable bonds is 0. The van der Waals surface area contributed by atoms with Crippen LogP contribution in [0.25, 0.3) is 4.85 Å². The van der Waals surface area contributed by atoms with Crippen LogP contribution >= 0.6 is 0 Å². The summed E-state index contributed by atoms with van der Waals surface area (Å²) in [6.45, 7) is 6.46. The second kappa shape index (κ2) is 2.36. The second-order valence-electron chi connectivity index (χ2n) is 1.75. The van der Waals surface area contributed by atoms with Crippen molar-refractivity contribution >= 4 is 5.69 Å². The van der Waals surface area contributed by atoms with Crippen molar-refractivity contribution < 1.29 is 9.50 Å². The molecule has 0 heterocycles. The van der Waals surface area contributed by atoms with E-state index >= 15 is 0 Å². The van der Waals surface area contributed by atoms with Crippen LogP contribution in [0.4, 0.5) is 10.1 Å². The fraction of sp³-hybridized carbons (Fsp3) is 0. The summed E-state index contributed by atoms with van der Waals surface area (Å²) in [4.78, 5) is 2.88. The van der Waals surface area contributed by atoms with Crippen molar-refractivity contribution in [1.82, 2.24) is 0 Å². The van der Waals surface area contributed by atoms with Crippen LogP contribution in [0.1, 0.15) is 0 Å². The van der Waals surface area contributed by atoms with Crippen LogP contribution in [0.3, 0.4) is 0 Å². The topological polar surface area (TPSA) is 24.6 Å². The molecule has 0 unspecified atom stereocenters. The smallest absolute Gasteiger partial charge is 0.222 e. The first-order chi connectivity index (χ1) is 4.74. The molecule has 3 heteroatoms. The maximum Gasteiger partial charge on any atom is 0.222 e. The van der Waals surface area contributed by atoms with Gasteiger partial charge in [-0.3, -0.25) is 0 Å². The molecule has 0 fully saturated rings. The number of halogens is 1. The summed E-state index contributed by atoms with van der Waals surface area (Å²) in [5.74, 6) is -0.847. The number of hydrogen-bond donors (Lipinski definition) is 1. The molecular formula is C7H4FNO. The molecule has 2 nitrogen and oxygen atoms in total. The molecule has 0 bridgehead atoms. The quantitative estimate of drug-likeness (QED) is 0.544. The molecule has 0 saturated carbocycles. The highest BCUT2D eigenvalue weighted by Crippen LogP contribution is 2.21. The van der Waals surface area contributed by atoms with Crippen LogP contribution in [0.5, 0.6) is 5.75 Å². The summed E-state index contributed by atoms with van der Waals surface area (Å²) in [5, 5.41) is 8.69. The number of nitrogens with zero attached hydrogens (tertiary/aromatic N) is 1. The maximum atomic E-state index is 12.5. The SMILES string of the molecule is [C-]#[N+]c1ccc(O)cc1F. The van der Waals surface area contributed by atoms with Crippen molar-refractivity contribution in [3.63, 3.8) is 0 Å². The summed E-state index contributed by atoms with van der Waals surface area (Å²) < 4.78 is 12.5. The van der Waals surface area contributed by atoms with Gasteiger partial charge in [-0.25, -0.2) is 9.24 Å². The number of phenols is 1. The summed E-state index contributed by atoms with van der Waals surface area (Å²) in [5.41, 5.74) is -0.0715. The van der Waals surface area contributed by atoms with Gasteiger partial charge < -0.3 is 5.11 Å². The molecule has 1 aromatic carbocycles. The second-order valence-corrected chi connectivity index (χ2v) is 1.75. The predicted octanol–water partition coefficient (Wildman–Crippen LogP) is 2.08. The highest BCUT2D eigenvalue weighted by atomic mass is 19.1. The van der Waals surface area contributed by atoms with E-state index in [1.165, 1.54) is 12.1 Å². The van der Waals surface area contributed by atoms with Gasteiger partial charge >= 0.3 is 0 Å². The highest BCUT2D eigenvalue weighted by Gasteiger charge is 2.00. The highest BCUT2D eigenvalue weighted by molar-refractivity contribution is 5.48. The Morgan fingerprint density at radius 2 is 2.20 bits per heavy atom. The average Bonchev–Trinajstić information content (AvgIpc) is 1.88. The van der Waals surface area contributed by atoms with Gasteiger partial charge in [-0.2, -0.15) is 0 Å². The van der Waals surface area contributed by atoms with Crippen LogP contribution in [0, 0.1) is 12.4 Å². The van der Waals surface area contributed by atoms with Crippen LogP contribution < -0.4 is 0 Å². The molecule has 0 atom stereocenters. The summed E-state index contributed by atoms with van der Waals surface area (Å²) >= 11 is 0. The van der Waals surface area contributed by atoms with Crippen LogP contribution in [-0.4, -0.2) is 5.11 Å². The molecule has 0 aliphatic carbocycles. The predicted molar refractivity (Wildman–Crippen MR) is 34.3 cm³/mol. The molecule has 1 N–H and O–H groups in total. The van der Waals surface area contributed by atoms with Crippen molar-refractivity contribution in [1.29, 1.82) is 0 Å². The molecule has 0 amide bonds. The van der Waals surface area contributed by atoms with Gasteiger partial charge in [0.2, 0.25) is 5.69 Å². The van der Waals surface area contributed by atoms with Gasteiger partial charge in [-0.15, -0.1) is 0 Å². The first-order valence-electron chi connectivity index (χ1n) is 2.60. The van der Waals surface area contributed by atoms with Gasteiger partial charge in [0.1, 0.15) is 11.6 Å². The third-order valence-corrected chi connectivity index (χ3v) is 1.05. The van der Waals surface area contributed by atoms with E-state index in [9.17, 15) is 4.39 Å². The average molecular weight is 137 g/mol. The lowest BCUT2D eigenvalue weighted by molar-refractivity contribution is 0.469. The molecule has 1 aromatic rings. The molecule has 0 aliphatic heterocycles. The van der Waals surface area contributed by atoms with Gasteiger partial charge in [0.25, 0.3) is 0 Å². The fourth-order valence-electron chi connectivity index (χ4n) is 0.586. The maximum absolute atomic E-state index is 12.5. The van der Waals surface area contributed by atoms with E-state index in [1.807, 2.05) is 0 Å². The molecule has 0 radical (unpaired) electrons. The molecule has 10 heavy (non-hydrogen) atoms. The summed E-state index contributed by atoms with van der Waals surface area (Å²) in [7, 11) is 0. The van der Waals surface area contributed by atoms with Gasteiger partial charge in [0, 0.05) is 6.07 Å². The zero-order chi connectivity index (χ0) is 7.56.